The van der Waals surface area contributed by atoms with E-state index in [1.54, 1.807) is 12.1 Å². The van der Waals surface area contributed by atoms with Gasteiger partial charge in [0.1, 0.15) is 5.82 Å². The Bertz CT molecular complexity index is 565. The van der Waals surface area contributed by atoms with Gasteiger partial charge >= 0.3 is 0 Å². The van der Waals surface area contributed by atoms with Gasteiger partial charge in [-0.3, -0.25) is 0 Å². The Kier molecular flexibility index (Phi) is 2.78. The number of rotatable bonds is 2. The number of halogens is 1. The standard InChI is InChI=1S/C16H16FN/c1-12-10-18(16-8-3-2-7-15(12)16)11-13-5-4-6-14(17)9-13/h2-9,12H,10-11H2,1H3. The van der Waals surface area contributed by atoms with Crippen molar-refractivity contribution in [3.8, 4) is 0 Å². The maximum Gasteiger partial charge on any atom is 0.123 e. The van der Waals surface area contributed by atoms with Crippen LogP contribution in [0.15, 0.2) is 48.5 Å². The zero-order valence-corrected chi connectivity index (χ0v) is 10.4. The van der Waals surface area contributed by atoms with E-state index in [2.05, 4.69) is 36.1 Å². The van der Waals surface area contributed by atoms with E-state index in [0.717, 1.165) is 18.7 Å². The molecule has 2 aromatic carbocycles. The Morgan fingerprint density at radius 3 is 2.83 bits per heavy atom. The van der Waals surface area contributed by atoms with Crippen molar-refractivity contribution >= 4 is 5.69 Å². The molecule has 0 saturated carbocycles. The average Bonchev–Trinajstić information content (AvgIpc) is 2.67. The number of para-hydroxylation sites is 1. The van der Waals surface area contributed by atoms with Crippen molar-refractivity contribution in [2.45, 2.75) is 19.4 Å². The zero-order valence-electron chi connectivity index (χ0n) is 10.4. The minimum Gasteiger partial charge on any atom is -0.366 e. The molecule has 1 nitrogen and oxygen atoms in total. The van der Waals surface area contributed by atoms with Crippen LogP contribution in [-0.4, -0.2) is 6.54 Å². The van der Waals surface area contributed by atoms with Gasteiger partial charge in [-0.2, -0.15) is 0 Å². The second-order valence-electron chi connectivity index (χ2n) is 4.97. The van der Waals surface area contributed by atoms with Gasteiger partial charge in [0, 0.05) is 24.7 Å². The first kappa shape index (κ1) is 11.3. The van der Waals surface area contributed by atoms with Crippen LogP contribution in [0.4, 0.5) is 10.1 Å². The number of nitrogens with zero attached hydrogens (tertiary/aromatic N) is 1. The highest BCUT2D eigenvalue weighted by atomic mass is 19.1. The summed E-state index contributed by atoms with van der Waals surface area (Å²) in [6.07, 6.45) is 0. The van der Waals surface area contributed by atoms with E-state index in [1.165, 1.54) is 17.3 Å². The summed E-state index contributed by atoms with van der Waals surface area (Å²) in [5.41, 5.74) is 3.71. The smallest absolute Gasteiger partial charge is 0.123 e. The van der Waals surface area contributed by atoms with Crippen molar-refractivity contribution in [2.24, 2.45) is 0 Å². The molecule has 0 amide bonds. The summed E-state index contributed by atoms with van der Waals surface area (Å²) in [6.45, 7) is 4.03. The van der Waals surface area contributed by atoms with Crippen LogP contribution in [0.25, 0.3) is 0 Å². The SMILES string of the molecule is CC1CN(Cc2cccc(F)c2)c2ccccc21. The first-order valence-electron chi connectivity index (χ1n) is 6.32. The molecule has 0 bridgehead atoms. The maximum atomic E-state index is 13.2. The number of anilines is 1. The molecule has 0 spiro atoms. The maximum absolute atomic E-state index is 13.2. The van der Waals surface area contributed by atoms with Crippen LogP contribution >= 0.6 is 0 Å². The van der Waals surface area contributed by atoms with Gasteiger partial charge in [0.05, 0.1) is 0 Å². The molecule has 2 aromatic rings. The lowest BCUT2D eigenvalue weighted by molar-refractivity contribution is 0.624. The normalized spacial score (nSPS) is 17.9. The van der Waals surface area contributed by atoms with E-state index in [4.69, 9.17) is 0 Å². The number of hydrogen-bond donors (Lipinski definition) is 0. The summed E-state index contributed by atoms with van der Waals surface area (Å²) in [5.74, 6) is 0.391. The van der Waals surface area contributed by atoms with E-state index in [9.17, 15) is 4.39 Å². The third-order valence-corrected chi connectivity index (χ3v) is 3.57. The fourth-order valence-electron chi connectivity index (χ4n) is 2.72. The summed E-state index contributed by atoms with van der Waals surface area (Å²) >= 11 is 0. The molecule has 0 aliphatic carbocycles. The molecular formula is C16H16FN. The predicted octanol–water partition coefficient (Wildman–Crippen LogP) is 3.95. The van der Waals surface area contributed by atoms with Crippen molar-refractivity contribution < 1.29 is 4.39 Å². The summed E-state index contributed by atoms with van der Waals surface area (Å²) < 4.78 is 13.2. The van der Waals surface area contributed by atoms with Gasteiger partial charge in [-0.05, 0) is 29.3 Å². The Balaban J connectivity index is 1.87. The molecule has 0 radical (unpaired) electrons. The van der Waals surface area contributed by atoms with Gasteiger partial charge in [-0.15, -0.1) is 0 Å². The molecule has 1 atom stereocenters. The molecule has 1 unspecified atom stereocenters. The predicted molar refractivity (Wildman–Crippen MR) is 72.3 cm³/mol. The monoisotopic (exact) mass is 241 g/mol. The van der Waals surface area contributed by atoms with Crippen LogP contribution in [0.3, 0.4) is 0 Å². The van der Waals surface area contributed by atoms with Crippen molar-refractivity contribution in [1.82, 2.24) is 0 Å². The first-order chi connectivity index (χ1) is 8.74. The Hall–Kier alpha value is -1.83. The minimum atomic E-state index is -0.159. The molecule has 0 N–H and O–H groups in total. The van der Waals surface area contributed by atoms with E-state index in [1.807, 2.05) is 6.07 Å². The summed E-state index contributed by atoms with van der Waals surface area (Å²) in [6, 6.07) is 15.3. The molecular weight excluding hydrogens is 225 g/mol. The third kappa shape index (κ3) is 1.99. The Labute approximate surface area is 107 Å². The fourth-order valence-corrected chi connectivity index (χ4v) is 2.72. The van der Waals surface area contributed by atoms with Crippen LogP contribution in [-0.2, 0) is 6.54 Å². The lowest BCUT2D eigenvalue weighted by Crippen LogP contribution is -2.20. The zero-order chi connectivity index (χ0) is 12.5. The highest BCUT2D eigenvalue weighted by Crippen LogP contribution is 2.36. The lowest BCUT2D eigenvalue weighted by Gasteiger charge is -2.19. The minimum absolute atomic E-state index is 0.159. The number of hydrogen-bond acceptors (Lipinski definition) is 1. The molecule has 1 aliphatic heterocycles. The highest BCUT2D eigenvalue weighted by molar-refractivity contribution is 5.60. The third-order valence-electron chi connectivity index (χ3n) is 3.57. The van der Waals surface area contributed by atoms with Gasteiger partial charge in [0.15, 0.2) is 0 Å². The first-order valence-corrected chi connectivity index (χ1v) is 6.32. The van der Waals surface area contributed by atoms with E-state index in [0.29, 0.717) is 5.92 Å². The molecule has 2 heteroatoms. The van der Waals surface area contributed by atoms with Crippen molar-refractivity contribution in [1.29, 1.82) is 0 Å². The van der Waals surface area contributed by atoms with Gasteiger partial charge in [0.2, 0.25) is 0 Å². The van der Waals surface area contributed by atoms with Crippen molar-refractivity contribution in [3.63, 3.8) is 0 Å². The lowest BCUT2D eigenvalue weighted by atomic mass is 10.0. The van der Waals surface area contributed by atoms with Gasteiger partial charge < -0.3 is 4.90 Å². The molecule has 0 saturated heterocycles. The van der Waals surface area contributed by atoms with Crippen LogP contribution in [0.5, 0.6) is 0 Å². The van der Waals surface area contributed by atoms with Crippen molar-refractivity contribution in [2.75, 3.05) is 11.4 Å². The van der Waals surface area contributed by atoms with E-state index in [-0.39, 0.29) is 5.82 Å². The Morgan fingerprint density at radius 1 is 1.17 bits per heavy atom. The van der Waals surface area contributed by atoms with Gasteiger partial charge in [0.25, 0.3) is 0 Å². The molecule has 1 aliphatic rings. The number of fused-ring (bicyclic) bond motifs is 1. The molecule has 18 heavy (non-hydrogen) atoms. The summed E-state index contributed by atoms with van der Waals surface area (Å²) in [7, 11) is 0. The quantitative estimate of drug-likeness (QED) is 0.769. The molecule has 0 fully saturated rings. The van der Waals surface area contributed by atoms with Gasteiger partial charge in [-0.1, -0.05) is 37.3 Å². The van der Waals surface area contributed by atoms with Crippen molar-refractivity contribution in [3.05, 3.63) is 65.5 Å². The van der Waals surface area contributed by atoms with Gasteiger partial charge in [-0.25, -0.2) is 4.39 Å². The molecule has 0 aromatic heterocycles. The van der Waals surface area contributed by atoms with Crippen LogP contribution in [0.1, 0.15) is 24.0 Å². The van der Waals surface area contributed by atoms with Crippen LogP contribution in [0, 0.1) is 5.82 Å². The summed E-state index contributed by atoms with van der Waals surface area (Å²) in [4.78, 5) is 2.33. The van der Waals surface area contributed by atoms with E-state index < -0.39 is 0 Å². The molecule has 1 heterocycles. The average molecular weight is 241 g/mol. The highest BCUT2D eigenvalue weighted by Gasteiger charge is 2.24. The molecule has 3 rings (SSSR count). The van der Waals surface area contributed by atoms with E-state index >= 15 is 0 Å². The second-order valence-corrected chi connectivity index (χ2v) is 4.97. The van der Waals surface area contributed by atoms with Crippen LogP contribution in [0.2, 0.25) is 0 Å². The largest absolute Gasteiger partial charge is 0.366 e. The molecule has 92 valence electrons. The summed E-state index contributed by atoms with van der Waals surface area (Å²) in [5, 5.41) is 0. The fraction of sp³-hybridized carbons (Fsp3) is 0.250. The number of benzene rings is 2. The van der Waals surface area contributed by atoms with Crippen LogP contribution < -0.4 is 4.90 Å². The Morgan fingerprint density at radius 2 is 2.00 bits per heavy atom. The topological polar surface area (TPSA) is 3.24 Å². The second kappa shape index (κ2) is 4.45.